The van der Waals surface area contributed by atoms with Gasteiger partial charge in [0.2, 0.25) is 17.7 Å². The number of aromatic hydroxyl groups is 1. The highest BCUT2D eigenvalue weighted by molar-refractivity contribution is 7.72. The fourth-order valence-corrected chi connectivity index (χ4v) is 15.0. The molecule has 4 aromatic carbocycles. The third-order valence-corrected chi connectivity index (χ3v) is 20.4. The number of aromatic nitrogens is 12. The Morgan fingerprint density at radius 2 is 0.736 bits per heavy atom. The maximum Gasteiger partial charge on any atom is 0.331 e. The number of piperidine rings is 1. The summed E-state index contributed by atoms with van der Waals surface area (Å²) in [5, 5.41) is 41.8. The number of H-pyrrole nitrogens is 8. The van der Waals surface area contributed by atoms with Crippen molar-refractivity contribution in [3.8, 4) is 11.5 Å². The molecule has 15 rings (SSSR count). The van der Waals surface area contributed by atoms with Crippen LogP contribution < -0.4 is 32.5 Å². The van der Waals surface area contributed by atoms with Gasteiger partial charge in [0.05, 0.1) is 22.1 Å². The largest absolute Gasteiger partial charge is 0.508 e. The molecule has 11 heterocycles. The van der Waals surface area contributed by atoms with Crippen LogP contribution in [-0.2, 0) is 19.2 Å². The second-order valence-corrected chi connectivity index (χ2v) is 27.1. The first-order chi connectivity index (χ1) is 51.4. The Bertz CT molecular complexity index is 5680. The summed E-state index contributed by atoms with van der Waals surface area (Å²) in [5.41, 5.74) is 3.03. The zero-order valence-electron chi connectivity index (χ0n) is 57.7. The van der Waals surface area contributed by atoms with Crippen LogP contribution >= 0.6 is 36.7 Å². The Hall–Kier alpha value is -11.8. The molecule has 0 spiro atoms. The maximum atomic E-state index is 13.6. The van der Waals surface area contributed by atoms with Crippen LogP contribution in [0.1, 0.15) is 117 Å². The van der Waals surface area contributed by atoms with Crippen LogP contribution in [0.4, 0.5) is 0 Å². The number of likely N-dealkylation sites (tertiary alicyclic amines) is 3. The summed E-state index contributed by atoms with van der Waals surface area (Å²) in [6.07, 6.45) is 19.8. The second kappa shape index (κ2) is 33.8. The van der Waals surface area contributed by atoms with Gasteiger partial charge in [0, 0.05) is 64.1 Å². The number of nitrogens with zero attached hydrogens (tertiary/aromatic N) is 7. The van der Waals surface area contributed by atoms with Gasteiger partial charge in [-0.15, -0.1) is 0 Å². The number of amides is 3. The molecule has 106 heavy (non-hydrogen) atoms. The van der Waals surface area contributed by atoms with Crippen LogP contribution in [0, 0.1) is 13.9 Å². The average molecular weight is 1490 g/mol. The first kappa shape index (κ1) is 74.0. The molecule has 10 N–H and O–H groups in total. The lowest BCUT2D eigenvalue weighted by Crippen LogP contribution is -2.41. The topological polar surface area (TPSA) is 359 Å². The highest BCUT2D eigenvalue weighted by Crippen LogP contribution is 2.31. The van der Waals surface area contributed by atoms with E-state index in [1.807, 2.05) is 75.4 Å². The maximum absolute atomic E-state index is 13.6. The molecule has 27 nitrogen and oxygen atoms in total. The number of carbonyl (C=O) groups is 4. The van der Waals surface area contributed by atoms with Gasteiger partial charge in [-0.05, 0) is 116 Å². The monoisotopic (exact) mass is 1490 g/mol. The van der Waals surface area contributed by atoms with Gasteiger partial charge in [-0.2, -0.15) is 0 Å². The number of carboxylic acids is 1. The van der Waals surface area contributed by atoms with Gasteiger partial charge in [-0.3, -0.25) is 83.7 Å². The molecular formula is C76H79N15O12S3. The zero-order valence-corrected chi connectivity index (χ0v) is 60.1. The highest BCUT2D eigenvalue weighted by atomic mass is 32.1. The molecule has 30 heteroatoms. The number of ether oxygens (including phenoxy) is 1. The predicted octanol–water partition coefficient (Wildman–Crippen LogP) is 10.7. The summed E-state index contributed by atoms with van der Waals surface area (Å²) in [4.78, 5) is 119. The summed E-state index contributed by atoms with van der Waals surface area (Å²) in [6, 6.07) is 35.9. The van der Waals surface area contributed by atoms with Crippen molar-refractivity contribution in [1.29, 1.82) is 0 Å². The van der Waals surface area contributed by atoms with Crippen LogP contribution in [0.5, 0.6) is 11.5 Å². The van der Waals surface area contributed by atoms with Gasteiger partial charge >= 0.3 is 5.97 Å². The normalized spacial score (nSPS) is 15.1. The summed E-state index contributed by atoms with van der Waals surface area (Å²) < 4.78 is 12.4. The molecule has 3 aliphatic rings. The lowest BCUT2D eigenvalue weighted by molar-refractivity contribution is -0.139. The molecule has 3 aliphatic heterocycles. The highest BCUT2D eigenvalue weighted by Gasteiger charge is 2.33. The summed E-state index contributed by atoms with van der Waals surface area (Å²) in [5.74, 6) is -0.637. The van der Waals surface area contributed by atoms with Crippen LogP contribution in [0.25, 0.3) is 43.6 Å². The van der Waals surface area contributed by atoms with E-state index in [0.29, 0.717) is 87.1 Å². The number of rotatable bonds is 15. The minimum absolute atomic E-state index is 0.0262. The van der Waals surface area contributed by atoms with Gasteiger partial charge < -0.3 is 43.4 Å². The molecule has 548 valence electrons. The molecule has 0 radical (unpaired) electrons. The number of aliphatic carboxylic acids is 1. The van der Waals surface area contributed by atoms with Crippen LogP contribution in [0.2, 0.25) is 0 Å². The van der Waals surface area contributed by atoms with E-state index in [-0.39, 0.29) is 60.2 Å². The van der Waals surface area contributed by atoms with E-state index in [2.05, 4.69) is 47.4 Å². The number of phenolic OH excluding ortho intramolecular Hbond substituents is 1. The van der Waals surface area contributed by atoms with Gasteiger partial charge in [-0.1, -0.05) is 160 Å². The number of benzene rings is 4. The molecule has 0 bridgehead atoms. The van der Waals surface area contributed by atoms with E-state index < -0.39 is 41.3 Å². The van der Waals surface area contributed by atoms with Gasteiger partial charge in [0.1, 0.15) is 71.7 Å². The number of phenols is 1. The van der Waals surface area contributed by atoms with E-state index in [1.54, 1.807) is 113 Å². The number of carbonyl (C=O) groups excluding carboxylic acids is 3. The van der Waals surface area contributed by atoms with Crippen molar-refractivity contribution in [2.75, 3.05) is 45.9 Å². The molecule has 3 saturated heterocycles. The predicted molar refractivity (Wildman–Crippen MR) is 410 cm³/mol. The standard InChI is InChI=1S/C20H22N4O3S.C20H22N4O3.C19H20N4O2S.C17H15N3O4S/c25-14-7-5-6-13(12-14)17(19(27)23-9-3-1-2-4-10-23)24-11-8-15-16(20(24)28)18(26)22-21-15;25-18-16-15(21-22-18)10-13-24(19(16)26)17(14-8-4-3-5-9-14)20(27)23-11-6-1-2-7-12-23;24-17-15-14(20-21-17)9-12-23(19(15)26)16(13-7-3-1-4-8-13)18(25)22-10-5-2-6-11-22;1-2-8-24-11-5-3-4-10(9-11)14(17(22)23)20-7-6-12-13(16(20)25)15(21)19-18-12/h5-8,11-12,17,25H,1-4,9-10H2,(H2,21,22,26);3-5,8-10,13,17H,1-2,6-7,11-12H2,(H2,21,22,25);1,3-4,7-9,12,16H,2,5-6,10-11H2,(H2,20,21,24);2-7,9,14H,1,8H2,(H,22,23)(H2,18,19,21). The lowest BCUT2D eigenvalue weighted by Gasteiger charge is -2.31. The van der Waals surface area contributed by atoms with Crippen molar-refractivity contribution in [2.24, 2.45) is 0 Å². The van der Waals surface area contributed by atoms with Crippen LogP contribution in [0.3, 0.4) is 0 Å². The Morgan fingerprint density at radius 1 is 0.406 bits per heavy atom. The number of hydrogen-bond acceptors (Lipinski definition) is 14. The first-order valence-corrected chi connectivity index (χ1v) is 36.2. The molecule has 8 aromatic heterocycles. The number of nitrogens with one attached hydrogen (secondary N) is 8. The van der Waals surface area contributed by atoms with Gasteiger partial charge in [0.15, 0.2) is 6.04 Å². The Kier molecular flexibility index (Phi) is 23.6. The quantitative estimate of drug-likeness (QED) is 0.0337. The molecule has 4 unspecified atom stereocenters. The number of carboxylic acid groups (broad SMARTS) is 1. The van der Waals surface area contributed by atoms with Crippen molar-refractivity contribution >= 4 is 104 Å². The van der Waals surface area contributed by atoms with Crippen molar-refractivity contribution in [3.05, 3.63) is 259 Å². The average Bonchev–Trinajstić information content (AvgIpc) is 1.40. The van der Waals surface area contributed by atoms with Gasteiger partial charge in [-0.25, -0.2) is 4.79 Å². The van der Waals surface area contributed by atoms with Crippen molar-refractivity contribution in [2.45, 2.75) is 94.8 Å². The van der Waals surface area contributed by atoms with E-state index in [0.717, 1.165) is 94.8 Å². The fraction of sp³-hybridized carbons (Fsp3) is 0.289. The minimum Gasteiger partial charge on any atom is -0.508 e. The SMILES string of the molecule is C=CCOc1cccc(C(C(=O)O)n2ccc3[nH][nH]c(=O)c3c2=S)c1.O=C(C(c1cccc(O)c1)n1ccc2[nH][nH]c(=O)c2c1=S)N1CCCCCC1.O=C(C(c1ccccc1)n1ccc2[nH][nH]c(=O)c2c1=O)N1CCCCCC1.O=C(C(c1ccccc1)n1ccc2[nH][nH]c(=O)c2c1=S)N1CCCCC1. The third-order valence-electron chi connectivity index (χ3n) is 19.1. The number of fused-ring (bicyclic) bond motifs is 4. The van der Waals surface area contributed by atoms with Gasteiger partial charge in [0.25, 0.3) is 27.8 Å². The van der Waals surface area contributed by atoms with Crippen molar-refractivity contribution < 1.29 is 34.1 Å². The zero-order chi connectivity index (χ0) is 74.5. The molecule has 4 atom stereocenters. The molecule has 0 aliphatic carbocycles. The summed E-state index contributed by atoms with van der Waals surface area (Å²) >= 11 is 16.5. The molecule has 12 aromatic rings. The smallest absolute Gasteiger partial charge is 0.331 e. The first-order valence-electron chi connectivity index (χ1n) is 35.0. The number of aromatic amines is 8. The summed E-state index contributed by atoms with van der Waals surface area (Å²) in [6.45, 7) is 8.23. The molecule has 0 saturated carbocycles. The van der Waals surface area contributed by atoms with E-state index in [1.165, 1.54) is 9.13 Å². The number of pyridine rings is 4. The lowest BCUT2D eigenvalue weighted by atomic mass is 10.0. The molecule has 3 fully saturated rings. The van der Waals surface area contributed by atoms with Crippen molar-refractivity contribution in [1.82, 2.24) is 73.8 Å². The third kappa shape index (κ3) is 16.1. The molecular weight excluding hydrogens is 1410 g/mol. The van der Waals surface area contributed by atoms with Crippen molar-refractivity contribution in [3.63, 3.8) is 0 Å². The molecule has 3 amide bonds. The van der Waals surface area contributed by atoms with Crippen LogP contribution in [0.15, 0.2) is 195 Å². The van der Waals surface area contributed by atoms with Crippen LogP contribution in [-0.4, -0.2) is 154 Å². The fourth-order valence-electron chi connectivity index (χ4n) is 13.9. The minimum atomic E-state index is -1.09. The van der Waals surface area contributed by atoms with E-state index >= 15 is 0 Å². The Balaban J connectivity index is 0.000000133. The number of hydrogen-bond donors (Lipinski definition) is 10. The second-order valence-electron chi connectivity index (χ2n) is 26.0. The Labute approximate surface area is 619 Å². The summed E-state index contributed by atoms with van der Waals surface area (Å²) in [7, 11) is 0. The van der Waals surface area contributed by atoms with E-state index in [4.69, 9.17) is 41.4 Å². The van der Waals surface area contributed by atoms with E-state index in [9.17, 15) is 53.4 Å². The Morgan fingerprint density at radius 3 is 1.13 bits per heavy atom.